The van der Waals surface area contributed by atoms with Gasteiger partial charge in [0, 0.05) is 12.0 Å². The van der Waals surface area contributed by atoms with Gasteiger partial charge in [0.1, 0.15) is 17.4 Å². The fourth-order valence-corrected chi connectivity index (χ4v) is 2.13. The Morgan fingerprint density at radius 2 is 2.11 bits per heavy atom. The van der Waals surface area contributed by atoms with E-state index in [0.717, 1.165) is 23.5 Å². The molecule has 1 aromatic heterocycles. The smallest absolute Gasteiger partial charge is 0.126 e. The Hall–Kier alpha value is -1.72. The van der Waals surface area contributed by atoms with Crippen molar-refractivity contribution in [2.45, 2.75) is 25.8 Å². The molecule has 0 bridgehead atoms. The van der Waals surface area contributed by atoms with Gasteiger partial charge in [-0.25, -0.2) is 8.78 Å². The average molecular weight is 266 g/mol. The van der Waals surface area contributed by atoms with Gasteiger partial charge >= 0.3 is 0 Å². The summed E-state index contributed by atoms with van der Waals surface area (Å²) in [6.07, 6.45) is 2.54. The second kappa shape index (κ2) is 5.95. The van der Waals surface area contributed by atoms with Crippen molar-refractivity contribution in [3.63, 3.8) is 0 Å². The van der Waals surface area contributed by atoms with Gasteiger partial charge in [-0.05, 0) is 36.2 Å². The molecule has 1 aromatic carbocycles. The molecule has 0 saturated heterocycles. The molecule has 2 rings (SSSR count). The fraction of sp³-hybridized carbons (Fsp3) is 0.286. The first kappa shape index (κ1) is 13.7. The molecule has 0 spiro atoms. The van der Waals surface area contributed by atoms with Crippen molar-refractivity contribution >= 4 is 0 Å². The zero-order valence-corrected chi connectivity index (χ0v) is 10.6. The van der Waals surface area contributed by atoms with Crippen molar-refractivity contribution in [1.29, 1.82) is 0 Å². The Kier molecular flexibility index (Phi) is 4.29. The van der Waals surface area contributed by atoms with Crippen LogP contribution in [0.4, 0.5) is 8.78 Å². The van der Waals surface area contributed by atoms with Crippen LogP contribution in [0.15, 0.2) is 34.9 Å². The highest BCUT2D eigenvalue weighted by Crippen LogP contribution is 2.24. The van der Waals surface area contributed by atoms with Crippen molar-refractivity contribution in [2.75, 3.05) is 0 Å². The van der Waals surface area contributed by atoms with E-state index in [2.05, 4.69) is 5.43 Å². The average Bonchev–Trinajstić information content (AvgIpc) is 2.88. The lowest BCUT2D eigenvalue weighted by Gasteiger charge is -2.16. The minimum absolute atomic E-state index is 0.257. The Morgan fingerprint density at radius 1 is 1.32 bits per heavy atom. The molecule has 19 heavy (non-hydrogen) atoms. The van der Waals surface area contributed by atoms with E-state index in [1.54, 1.807) is 12.3 Å². The third kappa shape index (κ3) is 3.00. The lowest BCUT2D eigenvalue weighted by atomic mass is 9.98. The van der Waals surface area contributed by atoms with Gasteiger partial charge in [-0.2, -0.15) is 0 Å². The summed E-state index contributed by atoms with van der Waals surface area (Å²) in [7, 11) is 0. The van der Waals surface area contributed by atoms with Crippen LogP contribution in [-0.4, -0.2) is 0 Å². The number of halogens is 2. The van der Waals surface area contributed by atoms with Gasteiger partial charge in [-0.1, -0.05) is 6.92 Å². The van der Waals surface area contributed by atoms with E-state index in [0.29, 0.717) is 6.42 Å². The van der Waals surface area contributed by atoms with Gasteiger partial charge in [0.25, 0.3) is 0 Å². The number of rotatable bonds is 5. The molecule has 5 heteroatoms. The molecular formula is C14H16F2N2O. The molecule has 102 valence electrons. The predicted molar refractivity (Wildman–Crippen MR) is 68.2 cm³/mol. The molecule has 0 amide bonds. The number of benzene rings is 1. The lowest BCUT2D eigenvalue weighted by molar-refractivity contribution is 0.481. The molecule has 0 saturated carbocycles. The predicted octanol–water partition coefficient (Wildman–Crippen LogP) is 2.87. The molecule has 0 radical (unpaired) electrons. The van der Waals surface area contributed by atoms with E-state index in [4.69, 9.17) is 10.3 Å². The van der Waals surface area contributed by atoms with Crippen LogP contribution in [0.1, 0.15) is 29.9 Å². The second-order valence-electron chi connectivity index (χ2n) is 4.31. The summed E-state index contributed by atoms with van der Waals surface area (Å²) in [5.74, 6) is 5.40. The zero-order chi connectivity index (χ0) is 13.8. The topological polar surface area (TPSA) is 51.2 Å². The minimum Gasteiger partial charge on any atom is -0.469 e. The third-order valence-electron chi connectivity index (χ3n) is 3.11. The summed E-state index contributed by atoms with van der Waals surface area (Å²) in [6, 6.07) is 4.88. The number of furan rings is 1. The number of hydrogen-bond acceptors (Lipinski definition) is 3. The molecular weight excluding hydrogens is 250 g/mol. The van der Waals surface area contributed by atoms with E-state index < -0.39 is 11.6 Å². The van der Waals surface area contributed by atoms with E-state index in [-0.39, 0.29) is 18.0 Å². The molecule has 3 nitrogen and oxygen atoms in total. The fourth-order valence-electron chi connectivity index (χ4n) is 2.13. The highest BCUT2D eigenvalue weighted by Gasteiger charge is 2.18. The van der Waals surface area contributed by atoms with Gasteiger partial charge < -0.3 is 4.42 Å². The summed E-state index contributed by atoms with van der Waals surface area (Å²) in [5.41, 5.74) is 3.78. The summed E-state index contributed by atoms with van der Waals surface area (Å²) in [6.45, 7) is 1.96. The lowest BCUT2D eigenvalue weighted by Crippen LogP contribution is -2.30. The summed E-state index contributed by atoms with van der Waals surface area (Å²) >= 11 is 0. The highest BCUT2D eigenvalue weighted by molar-refractivity contribution is 5.26. The van der Waals surface area contributed by atoms with E-state index in [1.807, 2.05) is 6.92 Å². The first-order chi connectivity index (χ1) is 9.15. The zero-order valence-electron chi connectivity index (χ0n) is 10.6. The molecule has 3 N–H and O–H groups in total. The minimum atomic E-state index is -0.463. The first-order valence-corrected chi connectivity index (χ1v) is 6.12. The molecule has 1 heterocycles. The first-order valence-electron chi connectivity index (χ1n) is 6.12. The van der Waals surface area contributed by atoms with Gasteiger partial charge in [0.05, 0.1) is 12.3 Å². The molecule has 1 unspecified atom stereocenters. The van der Waals surface area contributed by atoms with Crippen LogP contribution in [-0.2, 0) is 12.8 Å². The van der Waals surface area contributed by atoms with Gasteiger partial charge in [-0.15, -0.1) is 0 Å². The Balaban J connectivity index is 2.26. The second-order valence-corrected chi connectivity index (χ2v) is 4.31. The monoisotopic (exact) mass is 266 g/mol. The van der Waals surface area contributed by atoms with Crippen LogP contribution in [0.2, 0.25) is 0 Å². The quantitative estimate of drug-likeness (QED) is 0.646. The number of nitrogens with one attached hydrogen (secondary N) is 1. The van der Waals surface area contributed by atoms with Crippen molar-refractivity contribution in [3.8, 4) is 0 Å². The van der Waals surface area contributed by atoms with Crippen LogP contribution in [0, 0.1) is 11.6 Å². The maximum absolute atomic E-state index is 13.6. The van der Waals surface area contributed by atoms with Crippen LogP contribution >= 0.6 is 0 Å². The van der Waals surface area contributed by atoms with Crippen molar-refractivity contribution in [1.82, 2.24) is 5.43 Å². The summed E-state index contributed by atoms with van der Waals surface area (Å²) < 4.78 is 32.1. The van der Waals surface area contributed by atoms with E-state index in [1.165, 1.54) is 6.07 Å². The summed E-state index contributed by atoms with van der Waals surface area (Å²) in [4.78, 5) is 0. The number of hydrazine groups is 1. The Bertz CT molecular complexity index is 554. The molecule has 0 fully saturated rings. The SMILES string of the molecule is CCc1occc1C(Cc1cc(F)ccc1F)NN. The van der Waals surface area contributed by atoms with E-state index >= 15 is 0 Å². The largest absolute Gasteiger partial charge is 0.469 e. The van der Waals surface area contributed by atoms with Crippen molar-refractivity contribution in [2.24, 2.45) is 5.84 Å². The van der Waals surface area contributed by atoms with Gasteiger partial charge in [-0.3, -0.25) is 11.3 Å². The Morgan fingerprint density at radius 3 is 2.79 bits per heavy atom. The Labute approximate surface area is 110 Å². The van der Waals surface area contributed by atoms with Crippen LogP contribution in [0.25, 0.3) is 0 Å². The molecule has 0 aliphatic rings. The van der Waals surface area contributed by atoms with Crippen LogP contribution < -0.4 is 11.3 Å². The standard InChI is InChI=1S/C14H16F2N2O/c1-2-14-11(5-6-19-14)13(18-17)8-9-7-10(15)3-4-12(9)16/h3-7,13,18H,2,8,17H2,1H3. The van der Waals surface area contributed by atoms with Crippen LogP contribution in [0.3, 0.4) is 0 Å². The molecule has 2 aromatic rings. The number of aryl methyl sites for hydroxylation is 1. The molecule has 0 aliphatic carbocycles. The number of hydrogen-bond donors (Lipinski definition) is 2. The van der Waals surface area contributed by atoms with E-state index in [9.17, 15) is 8.78 Å². The maximum atomic E-state index is 13.6. The normalized spacial score (nSPS) is 12.6. The maximum Gasteiger partial charge on any atom is 0.126 e. The van der Waals surface area contributed by atoms with Crippen molar-refractivity contribution < 1.29 is 13.2 Å². The van der Waals surface area contributed by atoms with Crippen LogP contribution in [0.5, 0.6) is 0 Å². The number of nitrogens with two attached hydrogens (primary N) is 1. The molecule has 0 aliphatic heterocycles. The third-order valence-corrected chi connectivity index (χ3v) is 3.11. The molecule has 1 atom stereocenters. The van der Waals surface area contributed by atoms with Gasteiger partial charge in [0.15, 0.2) is 0 Å². The summed E-state index contributed by atoms with van der Waals surface area (Å²) in [5, 5.41) is 0. The van der Waals surface area contributed by atoms with Gasteiger partial charge in [0.2, 0.25) is 0 Å². The highest BCUT2D eigenvalue weighted by atomic mass is 19.1. The van der Waals surface area contributed by atoms with Crippen molar-refractivity contribution in [3.05, 3.63) is 59.1 Å².